The Morgan fingerprint density at radius 3 is 2.30 bits per heavy atom. The van der Waals surface area contributed by atoms with Crippen molar-refractivity contribution in [2.75, 3.05) is 43.5 Å². The summed E-state index contributed by atoms with van der Waals surface area (Å²) in [6, 6.07) is 7.20. The van der Waals surface area contributed by atoms with E-state index in [-0.39, 0.29) is 42.4 Å². The zero-order chi connectivity index (χ0) is 27.0. The molecule has 0 saturated carbocycles. The Morgan fingerprint density at radius 2 is 1.68 bits per heavy atom. The van der Waals surface area contributed by atoms with E-state index >= 15 is 0 Å². The number of carbonyl (C=O) groups is 1. The number of hydrogen-bond acceptors (Lipinski definition) is 7. The van der Waals surface area contributed by atoms with Gasteiger partial charge in [-0.05, 0) is 61.6 Å². The number of anilines is 1. The third kappa shape index (κ3) is 5.78. The molecule has 200 valence electrons. The second-order valence-electron chi connectivity index (χ2n) is 9.02. The number of halogens is 1. The minimum atomic E-state index is -3.78. The van der Waals surface area contributed by atoms with E-state index in [1.54, 1.807) is 6.07 Å². The number of benzene rings is 1. The Labute approximate surface area is 215 Å². The number of amides is 1. The first-order valence-corrected chi connectivity index (χ1v) is 15.5. The van der Waals surface area contributed by atoms with Crippen LogP contribution in [0.4, 0.5) is 10.2 Å². The Morgan fingerprint density at radius 1 is 1.00 bits per heavy atom. The average molecular weight is 553 g/mol. The van der Waals surface area contributed by atoms with E-state index in [1.807, 2.05) is 0 Å². The SMILES string of the molecule is CNC(=O)c1c(-c2ccc(F)cc2)oc2nc3c(cc12)CCCCN(S(C)(=O)=O)CCCN3S(C)(=O)=O. The van der Waals surface area contributed by atoms with E-state index in [2.05, 4.69) is 10.3 Å². The molecule has 0 bridgehead atoms. The molecular formula is C24H29FN4O6S2. The van der Waals surface area contributed by atoms with Gasteiger partial charge in [-0.2, -0.15) is 4.98 Å². The zero-order valence-corrected chi connectivity index (χ0v) is 22.5. The monoisotopic (exact) mass is 552 g/mol. The number of nitrogens with zero attached hydrogens (tertiary/aromatic N) is 3. The number of aryl methyl sites for hydroxylation is 1. The highest BCUT2D eigenvalue weighted by Gasteiger charge is 2.29. The summed E-state index contributed by atoms with van der Waals surface area (Å²) in [5.74, 6) is -0.490. The van der Waals surface area contributed by atoms with E-state index in [4.69, 9.17) is 4.42 Å². The largest absolute Gasteiger partial charge is 0.437 e. The predicted octanol–water partition coefficient (Wildman–Crippen LogP) is 2.75. The molecule has 1 amide bonds. The van der Waals surface area contributed by atoms with Crippen LogP contribution in [-0.2, 0) is 26.5 Å². The number of carbonyl (C=O) groups excluding carboxylic acids is 1. The Kier molecular flexibility index (Phi) is 7.58. The van der Waals surface area contributed by atoms with Crippen molar-refractivity contribution < 1.29 is 30.4 Å². The van der Waals surface area contributed by atoms with Crippen LogP contribution in [-0.4, -0.2) is 71.2 Å². The van der Waals surface area contributed by atoms with Crippen LogP contribution in [0.5, 0.6) is 0 Å². The molecule has 4 rings (SSSR count). The lowest BCUT2D eigenvalue weighted by Crippen LogP contribution is -2.36. The number of nitrogens with one attached hydrogen (secondary N) is 1. The lowest BCUT2D eigenvalue weighted by atomic mass is 10.0. The summed E-state index contributed by atoms with van der Waals surface area (Å²) >= 11 is 0. The normalized spacial score (nSPS) is 16.3. The van der Waals surface area contributed by atoms with Crippen molar-refractivity contribution in [3.8, 4) is 11.3 Å². The second-order valence-corrected chi connectivity index (χ2v) is 12.9. The third-order valence-electron chi connectivity index (χ3n) is 6.28. The summed E-state index contributed by atoms with van der Waals surface area (Å²) in [4.78, 5) is 17.5. The fourth-order valence-electron chi connectivity index (χ4n) is 4.48. The molecule has 0 aliphatic carbocycles. The van der Waals surface area contributed by atoms with Crippen LogP contribution >= 0.6 is 0 Å². The van der Waals surface area contributed by atoms with E-state index < -0.39 is 31.8 Å². The van der Waals surface area contributed by atoms with Crippen molar-refractivity contribution in [1.29, 1.82) is 0 Å². The van der Waals surface area contributed by atoms with Crippen LogP contribution in [0.15, 0.2) is 34.7 Å². The van der Waals surface area contributed by atoms with Crippen LogP contribution in [0.25, 0.3) is 22.4 Å². The molecule has 10 nitrogen and oxygen atoms in total. The molecule has 3 heterocycles. The van der Waals surface area contributed by atoms with Crippen LogP contribution in [0.1, 0.15) is 35.2 Å². The van der Waals surface area contributed by atoms with Gasteiger partial charge in [0.1, 0.15) is 17.4 Å². The first-order valence-electron chi connectivity index (χ1n) is 11.8. The van der Waals surface area contributed by atoms with Crippen LogP contribution in [0.3, 0.4) is 0 Å². The van der Waals surface area contributed by atoms with Gasteiger partial charge in [-0.1, -0.05) is 0 Å². The smallest absolute Gasteiger partial charge is 0.255 e. The van der Waals surface area contributed by atoms with Gasteiger partial charge in [0, 0.05) is 32.2 Å². The summed E-state index contributed by atoms with van der Waals surface area (Å²) < 4.78 is 72.0. The van der Waals surface area contributed by atoms with Crippen molar-refractivity contribution in [2.24, 2.45) is 0 Å². The Bertz CT molecular complexity index is 1540. The topological polar surface area (TPSA) is 130 Å². The minimum Gasteiger partial charge on any atom is -0.437 e. The van der Waals surface area contributed by atoms with Gasteiger partial charge in [-0.3, -0.25) is 9.10 Å². The lowest BCUT2D eigenvalue weighted by molar-refractivity contribution is 0.0964. The summed E-state index contributed by atoms with van der Waals surface area (Å²) in [6.45, 7) is 0.523. The number of sulfonamides is 2. The fourth-order valence-corrected chi connectivity index (χ4v) is 6.33. The van der Waals surface area contributed by atoms with Gasteiger partial charge in [0.25, 0.3) is 5.91 Å². The molecule has 0 atom stereocenters. The molecule has 1 aromatic carbocycles. The van der Waals surface area contributed by atoms with E-state index in [9.17, 15) is 26.0 Å². The average Bonchev–Trinajstić information content (AvgIpc) is 3.17. The Hall–Kier alpha value is -3.03. The Balaban J connectivity index is 1.89. The van der Waals surface area contributed by atoms with Gasteiger partial charge in [-0.15, -0.1) is 0 Å². The molecule has 2 aromatic heterocycles. The maximum Gasteiger partial charge on any atom is 0.255 e. The van der Waals surface area contributed by atoms with Gasteiger partial charge in [0.2, 0.25) is 25.8 Å². The van der Waals surface area contributed by atoms with Crippen molar-refractivity contribution in [2.45, 2.75) is 25.7 Å². The molecule has 1 N–H and O–H groups in total. The fraction of sp³-hybridized carbons (Fsp3) is 0.417. The summed E-state index contributed by atoms with van der Waals surface area (Å²) in [6.07, 6.45) is 4.02. The predicted molar refractivity (Wildman–Crippen MR) is 139 cm³/mol. The minimum absolute atomic E-state index is 0.0180. The molecule has 0 unspecified atom stereocenters. The van der Waals surface area contributed by atoms with Crippen LogP contribution in [0.2, 0.25) is 0 Å². The van der Waals surface area contributed by atoms with Gasteiger partial charge in [0.05, 0.1) is 23.5 Å². The van der Waals surface area contributed by atoms with Crippen LogP contribution < -0.4 is 9.62 Å². The number of pyridine rings is 1. The maximum absolute atomic E-state index is 13.5. The maximum atomic E-state index is 13.5. The standard InChI is InChI=1S/C24H29FN4O6S2/c1-26-23(30)20-19-15-17-7-4-5-12-28(36(2,31)32)13-6-14-29(37(3,33)34)22(17)27-24(19)35-21(20)16-8-10-18(25)11-9-16/h8-11,15H,4-7,12-14H2,1-3H3,(H,26,30). The molecular weight excluding hydrogens is 523 g/mol. The molecule has 3 aromatic rings. The highest BCUT2D eigenvalue weighted by molar-refractivity contribution is 7.92. The molecule has 0 fully saturated rings. The van der Waals surface area contributed by atoms with Gasteiger partial charge in [0.15, 0.2) is 0 Å². The summed E-state index contributed by atoms with van der Waals surface area (Å²) in [5.41, 5.74) is 1.35. The number of rotatable bonds is 4. The molecule has 37 heavy (non-hydrogen) atoms. The molecule has 0 radical (unpaired) electrons. The quantitative estimate of drug-likeness (QED) is 0.527. The first-order chi connectivity index (χ1) is 17.4. The number of fused-ring (bicyclic) bond motifs is 2. The van der Waals surface area contributed by atoms with Crippen LogP contribution in [0, 0.1) is 5.82 Å². The number of furan rings is 1. The molecule has 1 aliphatic heterocycles. The van der Waals surface area contributed by atoms with E-state index in [1.165, 1.54) is 35.6 Å². The summed E-state index contributed by atoms with van der Waals surface area (Å²) in [7, 11) is -5.74. The van der Waals surface area contributed by atoms with E-state index in [0.717, 1.165) is 16.8 Å². The van der Waals surface area contributed by atoms with E-state index in [0.29, 0.717) is 42.3 Å². The van der Waals surface area contributed by atoms with Crippen molar-refractivity contribution >= 4 is 42.9 Å². The second kappa shape index (κ2) is 10.4. The zero-order valence-electron chi connectivity index (χ0n) is 20.8. The highest BCUT2D eigenvalue weighted by atomic mass is 32.2. The van der Waals surface area contributed by atoms with Gasteiger partial charge >= 0.3 is 0 Å². The molecule has 1 aliphatic rings. The molecule has 13 heteroatoms. The summed E-state index contributed by atoms with van der Waals surface area (Å²) in [5, 5.41) is 2.99. The number of aromatic nitrogens is 1. The van der Waals surface area contributed by atoms with Gasteiger partial charge < -0.3 is 9.73 Å². The third-order valence-corrected chi connectivity index (χ3v) is 8.74. The highest BCUT2D eigenvalue weighted by Crippen LogP contribution is 2.36. The molecule has 0 saturated heterocycles. The first kappa shape index (κ1) is 27.0. The lowest BCUT2D eigenvalue weighted by Gasteiger charge is -2.24. The van der Waals surface area contributed by atoms with Crippen molar-refractivity contribution in [3.63, 3.8) is 0 Å². The van der Waals surface area contributed by atoms with Gasteiger partial charge in [-0.25, -0.2) is 25.5 Å². The van der Waals surface area contributed by atoms with Crippen molar-refractivity contribution in [1.82, 2.24) is 14.6 Å². The van der Waals surface area contributed by atoms with Crippen molar-refractivity contribution in [3.05, 3.63) is 47.3 Å². The number of hydrogen-bond donors (Lipinski definition) is 1. The molecule has 0 spiro atoms.